The first kappa shape index (κ1) is 36.1. The fourth-order valence-electron chi connectivity index (χ4n) is 10.6. The van der Waals surface area contributed by atoms with Crippen molar-refractivity contribution >= 4 is 82.3 Å². The van der Waals surface area contributed by atoms with Crippen molar-refractivity contribution in [1.82, 2.24) is 9.55 Å². The molecule has 0 atom stereocenters. The van der Waals surface area contributed by atoms with Crippen LogP contribution >= 0.6 is 11.3 Å². The van der Waals surface area contributed by atoms with Crippen LogP contribution in [-0.2, 0) is 0 Å². The number of benzene rings is 9. The summed E-state index contributed by atoms with van der Waals surface area (Å²) in [6, 6.07) is 85.7. The molecule has 0 N–H and O–H groups in total. The molecule has 0 amide bonds. The lowest BCUT2D eigenvalue weighted by atomic mass is 9.81. The highest BCUT2D eigenvalue weighted by Gasteiger charge is 2.44. The normalized spacial score (nSPS) is 12.1. The summed E-state index contributed by atoms with van der Waals surface area (Å²) in [5.41, 5.74) is 12.3. The predicted octanol–water partition coefficient (Wildman–Crippen LogP) is 12.9. The van der Waals surface area contributed by atoms with Crippen molar-refractivity contribution in [2.75, 3.05) is 0 Å². The quantitative estimate of drug-likeness (QED) is 0.125. The number of nitrogens with zero attached hydrogens (tertiary/aromatic N) is 2. The van der Waals surface area contributed by atoms with Crippen LogP contribution in [0.15, 0.2) is 231 Å². The molecule has 12 aromatic rings. The standard InChI is InChI=1S/C59H38N2SSi/c1-3-19-39(20-4-1)63(40-21-5-2-6-22-40,41-35-36-48-46-27-10-9-25-44(46)42-23-7-8-24-43(42)45-26-11-12-28-47(45)52(48)37-41)57-38-53-51-31-15-18-34-56(51)62-58(53)59(60-57)61-54-32-16-13-29-49(54)50-30-14-17-33-55(50)61/h1-38H. The van der Waals surface area contributed by atoms with Crippen LogP contribution < -0.4 is 20.9 Å². The number of hydrogen-bond acceptors (Lipinski definition) is 2. The van der Waals surface area contributed by atoms with Crippen molar-refractivity contribution in [3.63, 3.8) is 0 Å². The summed E-state index contributed by atoms with van der Waals surface area (Å²) in [4.78, 5) is 6.13. The molecule has 13 rings (SSSR count). The van der Waals surface area contributed by atoms with Crippen LogP contribution in [0.3, 0.4) is 0 Å². The van der Waals surface area contributed by atoms with Crippen molar-refractivity contribution in [3.05, 3.63) is 231 Å². The van der Waals surface area contributed by atoms with Gasteiger partial charge in [-0.2, -0.15) is 0 Å². The first-order valence-electron chi connectivity index (χ1n) is 21.6. The van der Waals surface area contributed by atoms with Crippen molar-refractivity contribution in [2.24, 2.45) is 0 Å². The van der Waals surface area contributed by atoms with E-state index in [4.69, 9.17) is 4.98 Å². The Kier molecular flexibility index (Phi) is 8.14. The second-order valence-corrected chi connectivity index (χ2v) is 21.4. The minimum absolute atomic E-state index is 0.979. The Labute approximate surface area is 370 Å². The summed E-state index contributed by atoms with van der Waals surface area (Å²) in [6.07, 6.45) is 0. The highest BCUT2D eigenvalue weighted by Crippen LogP contribution is 2.47. The van der Waals surface area contributed by atoms with Gasteiger partial charge in [0.2, 0.25) is 8.07 Å². The average molecular weight is 835 g/mol. The first-order valence-corrected chi connectivity index (χ1v) is 24.4. The third-order valence-electron chi connectivity index (χ3n) is 13.3. The van der Waals surface area contributed by atoms with Gasteiger partial charge >= 0.3 is 0 Å². The first-order chi connectivity index (χ1) is 31.3. The van der Waals surface area contributed by atoms with Gasteiger partial charge in [-0.3, -0.25) is 4.57 Å². The maximum absolute atomic E-state index is 6.13. The molecular weight excluding hydrogens is 797 g/mol. The van der Waals surface area contributed by atoms with Crippen LogP contribution in [0.5, 0.6) is 0 Å². The smallest absolute Gasteiger partial charge is 0.202 e. The van der Waals surface area contributed by atoms with Crippen LogP contribution in [0.4, 0.5) is 0 Å². The zero-order valence-corrected chi connectivity index (χ0v) is 36.1. The molecule has 0 saturated heterocycles. The Bertz CT molecular complexity index is 3650. The van der Waals surface area contributed by atoms with Crippen LogP contribution in [0, 0.1) is 0 Å². The summed E-state index contributed by atoms with van der Waals surface area (Å²) >= 11 is 1.85. The highest BCUT2D eigenvalue weighted by molar-refractivity contribution is 7.26. The van der Waals surface area contributed by atoms with E-state index in [-0.39, 0.29) is 0 Å². The number of aromatic nitrogens is 2. The maximum Gasteiger partial charge on any atom is 0.202 e. The number of fused-ring (bicyclic) bond motifs is 14. The number of thiophene rings is 1. The average Bonchev–Trinajstić information content (AvgIpc) is 3.90. The van der Waals surface area contributed by atoms with Gasteiger partial charge in [0.25, 0.3) is 0 Å². The molecule has 0 fully saturated rings. The van der Waals surface area contributed by atoms with E-state index in [0.29, 0.717) is 0 Å². The molecule has 294 valence electrons. The number of pyridine rings is 1. The Hall–Kier alpha value is -7.63. The number of para-hydroxylation sites is 2. The van der Waals surface area contributed by atoms with Crippen molar-refractivity contribution < 1.29 is 0 Å². The zero-order chi connectivity index (χ0) is 41.5. The summed E-state index contributed by atoms with van der Waals surface area (Å²) < 4.78 is 4.89. The van der Waals surface area contributed by atoms with E-state index in [0.717, 1.165) is 22.2 Å². The van der Waals surface area contributed by atoms with E-state index >= 15 is 0 Å². The molecule has 4 heteroatoms. The topological polar surface area (TPSA) is 17.8 Å². The Morgan fingerprint density at radius 1 is 0.333 bits per heavy atom. The summed E-state index contributed by atoms with van der Waals surface area (Å²) in [6.45, 7) is 0. The predicted molar refractivity (Wildman–Crippen MR) is 270 cm³/mol. The zero-order valence-electron chi connectivity index (χ0n) is 34.2. The third kappa shape index (κ3) is 5.32. The van der Waals surface area contributed by atoms with E-state index in [1.807, 2.05) is 11.3 Å². The van der Waals surface area contributed by atoms with Crippen molar-refractivity contribution in [3.8, 4) is 50.3 Å². The molecule has 0 spiro atoms. The lowest BCUT2D eigenvalue weighted by Gasteiger charge is -2.35. The largest absolute Gasteiger partial charge is 0.293 e. The van der Waals surface area contributed by atoms with Crippen LogP contribution in [0.1, 0.15) is 0 Å². The molecule has 0 bridgehead atoms. The van der Waals surface area contributed by atoms with Crippen LogP contribution in [0.25, 0.3) is 92.3 Å². The molecule has 3 aromatic heterocycles. The van der Waals surface area contributed by atoms with E-state index in [1.54, 1.807) is 0 Å². The van der Waals surface area contributed by atoms with Crippen LogP contribution in [0.2, 0.25) is 0 Å². The maximum atomic E-state index is 6.13. The fraction of sp³-hybridized carbons (Fsp3) is 0. The Balaban J connectivity index is 1.20. The minimum atomic E-state index is -3.25. The molecule has 9 aromatic carbocycles. The van der Waals surface area contributed by atoms with Gasteiger partial charge in [0.1, 0.15) is 0 Å². The van der Waals surface area contributed by atoms with Gasteiger partial charge in [0.15, 0.2) is 5.82 Å². The summed E-state index contributed by atoms with van der Waals surface area (Å²) in [5, 5.41) is 9.94. The SMILES string of the molecule is c1ccc([Si](c2ccccc2)(c2ccc3c(c2)-c2ccccc2-c2ccccc2-c2ccccc2-3)c2cc3c(sc4ccccc43)c(-n3c4ccccc4c4ccccc43)n2)cc1. The molecule has 1 aliphatic rings. The highest BCUT2D eigenvalue weighted by atomic mass is 32.1. The molecule has 63 heavy (non-hydrogen) atoms. The summed E-state index contributed by atoms with van der Waals surface area (Å²) in [5.74, 6) is 0.979. The molecule has 0 radical (unpaired) electrons. The van der Waals surface area contributed by atoms with Crippen LogP contribution in [-0.4, -0.2) is 17.6 Å². The lowest BCUT2D eigenvalue weighted by Crippen LogP contribution is -2.75. The molecule has 1 aliphatic carbocycles. The summed E-state index contributed by atoms with van der Waals surface area (Å²) in [7, 11) is -3.25. The number of rotatable bonds is 5. The second-order valence-electron chi connectivity index (χ2n) is 16.6. The fourth-order valence-corrected chi connectivity index (χ4v) is 16.4. The van der Waals surface area contributed by atoms with Crippen molar-refractivity contribution in [1.29, 1.82) is 0 Å². The van der Waals surface area contributed by atoms with Gasteiger partial charge in [-0.1, -0.05) is 206 Å². The van der Waals surface area contributed by atoms with E-state index in [9.17, 15) is 0 Å². The van der Waals surface area contributed by atoms with E-state index in [2.05, 4.69) is 235 Å². The third-order valence-corrected chi connectivity index (χ3v) is 19.1. The lowest BCUT2D eigenvalue weighted by molar-refractivity contribution is 1.12. The molecule has 0 aliphatic heterocycles. The molecule has 3 heterocycles. The van der Waals surface area contributed by atoms with Gasteiger partial charge in [0, 0.05) is 31.6 Å². The molecule has 0 unspecified atom stereocenters. The minimum Gasteiger partial charge on any atom is -0.293 e. The molecule has 2 nitrogen and oxygen atoms in total. The van der Waals surface area contributed by atoms with E-state index < -0.39 is 8.07 Å². The van der Waals surface area contributed by atoms with Gasteiger partial charge in [-0.05, 0) is 84.3 Å². The molecule has 0 saturated carbocycles. The van der Waals surface area contributed by atoms with E-state index in [1.165, 1.54) is 91.0 Å². The van der Waals surface area contributed by atoms with Gasteiger partial charge in [-0.25, -0.2) is 4.98 Å². The van der Waals surface area contributed by atoms with Gasteiger partial charge in [-0.15, -0.1) is 11.3 Å². The molecular formula is C59H38N2SSi. The number of hydrogen-bond donors (Lipinski definition) is 0. The monoisotopic (exact) mass is 834 g/mol. The Morgan fingerprint density at radius 3 is 1.30 bits per heavy atom. The second kappa shape index (κ2) is 14.2. The van der Waals surface area contributed by atoms with Gasteiger partial charge < -0.3 is 0 Å². The Morgan fingerprint density at radius 2 is 0.762 bits per heavy atom. The van der Waals surface area contributed by atoms with Crippen molar-refractivity contribution in [2.45, 2.75) is 0 Å². The van der Waals surface area contributed by atoms with Gasteiger partial charge in [0.05, 0.1) is 15.7 Å².